The number of hydrogen-bond acceptors (Lipinski definition) is 4. The summed E-state index contributed by atoms with van der Waals surface area (Å²) in [4.78, 5) is 40.7. The van der Waals surface area contributed by atoms with Gasteiger partial charge in [0.25, 0.3) is 15.4 Å². The fraction of sp³-hybridized carbons (Fsp3) is 0.200. The van der Waals surface area contributed by atoms with Crippen LogP contribution in [0.25, 0.3) is 0 Å². The summed E-state index contributed by atoms with van der Waals surface area (Å²) in [6, 6.07) is 17.4. The fourth-order valence-electron chi connectivity index (χ4n) is 2.10. The Morgan fingerprint density at radius 3 is 1.24 bits per heavy atom. The fourth-order valence-corrected chi connectivity index (χ4v) is 5.37. The zero-order chi connectivity index (χ0) is 15.3. The summed E-state index contributed by atoms with van der Waals surface area (Å²) in [7, 11) is -6.35. The van der Waals surface area contributed by atoms with E-state index < -0.39 is 15.4 Å². The minimum atomic E-state index is -3.18. The second-order valence-electron chi connectivity index (χ2n) is 4.93. The van der Waals surface area contributed by atoms with Gasteiger partial charge in [-0.3, -0.25) is 0 Å². The molecule has 0 radical (unpaired) electrons. The van der Waals surface area contributed by atoms with Crippen molar-refractivity contribution >= 4 is 26.0 Å². The first-order valence-corrected chi connectivity index (χ1v) is 10.5. The van der Waals surface area contributed by atoms with Gasteiger partial charge in [-0.25, -0.2) is 19.6 Å². The topological polar surface area (TPSA) is 80.9 Å². The van der Waals surface area contributed by atoms with Crippen molar-refractivity contribution < 1.29 is 19.6 Å². The van der Waals surface area contributed by atoms with E-state index in [0.29, 0.717) is 17.0 Å². The van der Waals surface area contributed by atoms with Crippen molar-refractivity contribution in [2.75, 3.05) is 12.3 Å². The molecule has 0 heterocycles. The van der Waals surface area contributed by atoms with E-state index in [-0.39, 0.29) is 12.3 Å². The SMILES string of the molecule is O[P+](O)(CCC[P+](O)(O)c1ccccc1)c1ccccc1. The maximum atomic E-state index is 10.2. The Morgan fingerprint density at radius 2 is 0.905 bits per heavy atom. The molecule has 0 saturated carbocycles. The van der Waals surface area contributed by atoms with E-state index in [4.69, 9.17) is 0 Å². The van der Waals surface area contributed by atoms with Crippen LogP contribution < -0.4 is 10.6 Å². The predicted molar refractivity (Wildman–Crippen MR) is 89.2 cm³/mol. The molecule has 0 aliphatic heterocycles. The van der Waals surface area contributed by atoms with Gasteiger partial charge >= 0.3 is 0 Å². The molecular formula is C15H20O4P2+2. The minimum Gasteiger partial charge on any atom is -0.215 e. The average molecular weight is 326 g/mol. The third kappa shape index (κ3) is 4.55. The molecule has 0 saturated heterocycles. The van der Waals surface area contributed by atoms with E-state index in [1.165, 1.54) is 0 Å². The monoisotopic (exact) mass is 326 g/mol. The summed E-state index contributed by atoms with van der Waals surface area (Å²) in [5, 5.41) is 1.04. The summed E-state index contributed by atoms with van der Waals surface area (Å²) >= 11 is 0. The summed E-state index contributed by atoms with van der Waals surface area (Å²) < 4.78 is 0. The smallest absolute Gasteiger partial charge is 0.215 e. The third-order valence-electron chi connectivity index (χ3n) is 3.28. The van der Waals surface area contributed by atoms with Crippen LogP contribution in [0.2, 0.25) is 0 Å². The van der Waals surface area contributed by atoms with Crippen LogP contribution in [0.5, 0.6) is 0 Å². The molecule has 0 aliphatic carbocycles. The molecular weight excluding hydrogens is 306 g/mol. The maximum absolute atomic E-state index is 10.2. The zero-order valence-corrected chi connectivity index (χ0v) is 13.4. The Morgan fingerprint density at radius 1 is 0.571 bits per heavy atom. The van der Waals surface area contributed by atoms with Crippen LogP contribution >= 0.6 is 15.4 Å². The van der Waals surface area contributed by atoms with Gasteiger partial charge < -0.3 is 0 Å². The van der Waals surface area contributed by atoms with Crippen molar-refractivity contribution in [2.45, 2.75) is 6.42 Å². The van der Waals surface area contributed by atoms with Crippen LogP contribution in [-0.2, 0) is 0 Å². The molecule has 21 heavy (non-hydrogen) atoms. The quantitative estimate of drug-likeness (QED) is 0.609. The van der Waals surface area contributed by atoms with E-state index >= 15 is 0 Å². The van der Waals surface area contributed by atoms with Crippen molar-refractivity contribution in [1.82, 2.24) is 0 Å². The highest BCUT2D eigenvalue weighted by Crippen LogP contribution is 2.53. The zero-order valence-electron chi connectivity index (χ0n) is 11.6. The molecule has 0 aliphatic rings. The highest BCUT2D eigenvalue weighted by atomic mass is 31.2. The van der Waals surface area contributed by atoms with Crippen molar-refractivity contribution in [2.24, 2.45) is 0 Å². The Bertz CT molecular complexity index is 507. The molecule has 0 atom stereocenters. The molecule has 6 heteroatoms. The molecule has 2 aromatic carbocycles. The Balaban J connectivity index is 1.95. The van der Waals surface area contributed by atoms with E-state index in [1.807, 2.05) is 12.1 Å². The maximum Gasteiger partial charge on any atom is 0.299 e. The van der Waals surface area contributed by atoms with Crippen LogP contribution in [0.1, 0.15) is 6.42 Å². The van der Waals surface area contributed by atoms with Gasteiger partial charge in [-0.05, 0) is 24.3 Å². The molecule has 2 aromatic rings. The summed E-state index contributed by atoms with van der Waals surface area (Å²) in [5.74, 6) is 0. The summed E-state index contributed by atoms with van der Waals surface area (Å²) in [6.45, 7) is 0. The standard InChI is InChI=1S/C15H20O4P2/c16-20(17,14-8-3-1-4-9-14)12-7-13-21(18,19)15-10-5-2-6-11-15/h1-6,8-11,16-19H,7,12-13H2/q+2. The second-order valence-corrected chi connectivity index (χ2v) is 9.78. The largest absolute Gasteiger partial charge is 0.299 e. The Hall–Kier alpha value is -0.860. The summed E-state index contributed by atoms with van der Waals surface area (Å²) in [5.41, 5.74) is 0. The summed E-state index contributed by atoms with van der Waals surface area (Å²) in [6.07, 6.45) is 0.671. The van der Waals surface area contributed by atoms with E-state index in [0.717, 1.165) is 0 Å². The van der Waals surface area contributed by atoms with Crippen LogP contribution in [0, 0.1) is 0 Å². The third-order valence-corrected chi connectivity index (χ3v) is 7.41. The lowest BCUT2D eigenvalue weighted by molar-refractivity contribution is 0.455. The first-order valence-electron chi connectivity index (χ1n) is 6.70. The van der Waals surface area contributed by atoms with Gasteiger partial charge in [0.2, 0.25) is 0 Å². The van der Waals surface area contributed by atoms with E-state index in [9.17, 15) is 19.6 Å². The highest BCUT2D eigenvalue weighted by Gasteiger charge is 2.40. The first-order chi connectivity index (χ1) is 9.92. The van der Waals surface area contributed by atoms with Gasteiger partial charge in [0.1, 0.15) is 12.3 Å². The second kappa shape index (κ2) is 6.93. The van der Waals surface area contributed by atoms with Gasteiger partial charge in [-0.15, -0.1) is 0 Å². The van der Waals surface area contributed by atoms with Crippen LogP contribution in [0.4, 0.5) is 0 Å². The predicted octanol–water partition coefficient (Wildman–Crippen LogP) is 1.69. The lowest BCUT2D eigenvalue weighted by Crippen LogP contribution is -2.17. The van der Waals surface area contributed by atoms with Gasteiger partial charge in [0.15, 0.2) is 10.6 Å². The van der Waals surface area contributed by atoms with Gasteiger partial charge in [-0.1, -0.05) is 36.4 Å². The molecule has 0 amide bonds. The number of benzene rings is 2. The van der Waals surface area contributed by atoms with Crippen molar-refractivity contribution in [3.8, 4) is 0 Å². The molecule has 0 aromatic heterocycles. The lowest BCUT2D eigenvalue weighted by atomic mass is 10.4. The molecule has 0 spiro atoms. The molecule has 4 nitrogen and oxygen atoms in total. The molecule has 112 valence electrons. The normalized spacial score (nSPS) is 12.4. The lowest BCUT2D eigenvalue weighted by Gasteiger charge is -2.14. The molecule has 2 rings (SSSR count). The van der Waals surface area contributed by atoms with Crippen LogP contribution in [0.15, 0.2) is 60.7 Å². The van der Waals surface area contributed by atoms with E-state index in [2.05, 4.69) is 0 Å². The highest BCUT2D eigenvalue weighted by molar-refractivity contribution is 7.73. The first kappa shape index (κ1) is 16.5. The molecule has 0 fully saturated rings. The van der Waals surface area contributed by atoms with Gasteiger partial charge in [0, 0.05) is 6.42 Å². The molecule has 4 N–H and O–H groups in total. The van der Waals surface area contributed by atoms with Crippen molar-refractivity contribution in [3.63, 3.8) is 0 Å². The van der Waals surface area contributed by atoms with Crippen molar-refractivity contribution in [1.29, 1.82) is 0 Å². The van der Waals surface area contributed by atoms with Crippen LogP contribution in [-0.4, -0.2) is 31.9 Å². The van der Waals surface area contributed by atoms with Crippen molar-refractivity contribution in [3.05, 3.63) is 60.7 Å². The molecule has 0 unspecified atom stereocenters. The number of rotatable bonds is 6. The minimum absolute atomic E-state index is 0.159. The van der Waals surface area contributed by atoms with Gasteiger partial charge in [0.05, 0.1) is 0 Å². The Labute approximate surface area is 125 Å². The molecule has 0 bridgehead atoms. The van der Waals surface area contributed by atoms with Gasteiger partial charge in [-0.2, -0.15) is 0 Å². The van der Waals surface area contributed by atoms with Crippen LogP contribution in [0.3, 0.4) is 0 Å². The Kier molecular flexibility index (Phi) is 5.45. The van der Waals surface area contributed by atoms with E-state index in [1.54, 1.807) is 48.5 Å². The average Bonchev–Trinajstić information content (AvgIpc) is 2.49. The number of hydrogen-bond donors (Lipinski definition) is 4.